The van der Waals surface area contributed by atoms with Gasteiger partial charge in [0.25, 0.3) is 0 Å². The zero-order valence-electron chi connectivity index (χ0n) is 17.6. The van der Waals surface area contributed by atoms with Crippen molar-refractivity contribution < 1.29 is 19.0 Å². The molecule has 4 nitrogen and oxygen atoms in total. The fourth-order valence-electron chi connectivity index (χ4n) is 4.53. The van der Waals surface area contributed by atoms with Crippen LogP contribution in [-0.2, 0) is 12.8 Å². The molecule has 0 unspecified atom stereocenters. The van der Waals surface area contributed by atoms with Crippen LogP contribution in [0, 0.1) is 0 Å². The maximum absolute atomic E-state index is 12.9. The average molecular weight is 392 g/mol. The summed E-state index contributed by atoms with van der Waals surface area (Å²) in [6, 6.07) is 10.1. The molecule has 5 rings (SSSR count). The average Bonchev–Trinajstić information content (AvgIpc) is 2.65. The number of rotatable bonds is 1. The summed E-state index contributed by atoms with van der Waals surface area (Å²) in [5.41, 5.74) is 3.70. The number of ketones is 1. The highest BCUT2D eigenvalue weighted by molar-refractivity contribution is 6.00. The van der Waals surface area contributed by atoms with Crippen molar-refractivity contribution in [1.82, 2.24) is 0 Å². The Morgan fingerprint density at radius 2 is 1.48 bits per heavy atom. The summed E-state index contributed by atoms with van der Waals surface area (Å²) in [6.45, 7) is 8.43. The van der Waals surface area contributed by atoms with Crippen LogP contribution in [0.3, 0.4) is 0 Å². The van der Waals surface area contributed by atoms with Crippen molar-refractivity contribution in [3.63, 3.8) is 0 Å². The van der Waals surface area contributed by atoms with Crippen molar-refractivity contribution >= 4 is 5.78 Å². The largest absolute Gasteiger partial charge is 0.488 e. The molecule has 3 heterocycles. The first-order valence-corrected chi connectivity index (χ1v) is 10.6. The summed E-state index contributed by atoms with van der Waals surface area (Å²) in [5, 5.41) is 0. The minimum absolute atomic E-state index is 0.127. The minimum atomic E-state index is -0.273. The van der Waals surface area contributed by atoms with E-state index in [0.29, 0.717) is 17.7 Å². The Balaban J connectivity index is 1.45. The molecule has 0 bridgehead atoms. The second kappa shape index (κ2) is 6.25. The Bertz CT molecular complexity index is 1000. The lowest BCUT2D eigenvalue weighted by atomic mass is 9.89. The lowest BCUT2D eigenvalue weighted by Gasteiger charge is -2.35. The van der Waals surface area contributed by atoms with E-state index in [4.69, 9.17) is 14.2 Å². The van der Waals surface area contributed by atoms with Crippen LogP contribution in [-0.4, -0.2) is 17.0 Å². The molecule has 29 heavy (non-hydrogen) atoms. The van der Waals surface area contributed by atoms with Gasteiger partial charge in [-0.25, -0.2) is 0 Å². The van der Waals surface area contributed by atoms with Gasteiger partial charge >= 0.3 is 0 Å². The first-order chi connectivity index (χ1) is 13.7. The molecule has 1 atom stereocenters. The van der Waals surface area contributed by atoms with Gasteiger partial charge in [-0.1, -0.05) is 6.07 Å². The van der Waals surface area contributed by atoms with Gasteiger partial charge < -0.3 is 14.2 Å². The Hall–Kier alpha value is -2.49. The Morgan fingerprint density at radius 1 is 0.828 bits per heavy atom. The highest BCUT2D eigenvalue weighted by atomic mass is 16.5. The molecule has 0 fully saturated rings. The highest BCUT2D eigenvalue weighted by Crippen LogP contribution is 2.43. The zero-order valence-corrected chi connectivity index (χ0v) is 17.6. The lowest BCUT2D eigenvalue weighted by molar-refractivity contribution is 0.0796. The van der Waals surface area contributed by atoms with Gasteiger partial charge in [0, 0.05) is 6.07 Å². The lowest BCUT2D eigenvalue weighted by Crippen LogP contribution is -2.33. The molecular weight excluding hydrogens is 364 g/mol. The number of carbonyl (C=O) groups excluding carboxylic acids is 1. The molecule has 152 valence electrons. The van der Waals surface area contributed by atoms with Crippen LogP contribution in [0.4, 0.5) is 0 Å². The van der Waals surface area contributed by atoms with Gasteiger partial charge in [0.15, 0.2) is 5.78 Å². The molecule has 0 spiro atoms. The van der Waals surface area contributed by atoms with E-state index in [0.717, 1.165) is 48.3 Å². The van der Waals surface area contributed by atoms with Gasteiger partial charge in [0.1, 0.15) is 34.6 Å². The van der Waals surface area contributed by atoms with E-state index in [-0.39, 0.29) is 23.1 Å². The van der Waals surface area contributed by atoms with E-state index in [2.05, 4.69) is 33.8 Å². The minimum Gasteiger partial charge on any atom is -0.488 e. The quantitative estimate of drug-likeness (QED) is 0.634. The maximum atomic E-state index is 12.9. The first kappa shape index (κ1) is 18.5. The number of benzene rings is 2. The van der Waals surface area contributed by atoms with Crippen LogP contribution in [0.15, 0.2) is 30.3 Å². The number of aryl methyl sites for hydroxylation is 2. The summed E-state index contributed by atoms with van der Waals surface area (Å²) in [7, 11) is 0. The van der Waals surface area contributed by atoms with Gasteiger partial charge in [-0.3, -0.25) is 4.79 Å². The van der Waals surface area contributed by atoms with E-state index >= 15 is 0 Å². The van der Waals surface area contributed by atoms with Crippen molar-refractivity contribution in [2.45, 2.75) is 77.1 Å². The summed E-state index contributed by atoms with van der Waals surface area (Å²) in [5.74, 6) is 2.56. The third kappa shape index (κ3) is 3.39. The van der Waals surface area contributed by atoms with Crippen molar-refractivity contribution in [2.24, 2.45) is 0 Å². The molecule has 0 N–H and O–H groups in total. The standard InChI is InChI=1S/C25H28O4/c1-24(2)9-7-16-11-15(5-6-20(16)28-24)21-13-19(26)18-12-17-8-10-25(3,4)29-22(17)14-23(18)27-21/h5-6,11-12,14,21H,7-10,13H2,1-4H3/t21-/m1/s1. The van der Waals surface area contributed by atoms with E-state index in [1.807, 2.05) is 24.3 Å². The van der Waals surface area contributed by atoms with Crippen LogP contribution in [0.1, 0.15) is 80.1 Å². The van der Waals surface area contributed by atoms with Crippen molar-refractivity contribution in [3.8, 4) is 17.2 Å². The number of ether oxygens (including phenoxy) is 3. The molecule has 2 aromatic carbocycles. The molecule has 0 saturated heterocycles. The number of Topliss-reactive ketones (excluding diaryl/α,β-unsaturated/α-hetero) is 1. The van der Waals surface area contributed by atoms with Crippen LogP contribution >= 0.6 is 0 Å². The zero-order chi connectivity index (χ0) is 20.4. The molecule has 3 aliphatic rings. The number of carbonyl (C=O) groups is 1. The summed E-state index contributed by atoms with van der Waals surface area (Å²) < 4.78 is 18.6. The van der Waals surface area contributed by atoms with E-state index in [1.54, 1.807) is 0 Å². The number of fused-ring (bicyclic) bond motifs is 3. The van der Waals surface area contributed by atoms with Crippen LogP contribution in [0.25, 0.3) is 0 Å². The Morgan fingerprint density at radius 3 is 2.21 bits per heavy atom. The third-order valence-electron chi connectivity index (χ3n) is 6.32. The molecule has 0 amide bonds. The molecule has 0 saturated carbocycles. The van der Waals surface area contributed by atoms with Gasteiger partial charge in [-0.2, -0.15) is 0 Å². The predicted octanol–water partition coefficient (Wildman–Crippen LogP) is 5.60. The third-order valence-corrected chi connectivity index (χ3v) is 6.32. The predicted molar refractivity (Wildman–Crippen MR) is 111 cm³/mol. The van der Waals surface area contributed by atoms with Crippen molar-refractivity contribution in [3.05, 3.63) is 52.6 Å². The SMILES string of the molecule is CC1(C)CCc2cc([C@H]3CC(=O)c4cc5c(cc4O3)OC(C)(C)CC5)ccc2O1. The van der Waals surface area contributed by atoms with E-state index < -0.39 is 0 Å². The fraction of sp³-hybridized carbons (Fsp3) is 0.480. The topological polar surface area (TPSA) is 44.8 Å². The monoisotopic (exact) mass is 392 g/mol. The molecule has 2 aromatic rings. The van der Waals surface area contributed by atoms with E-state index in [1.165, 1.54) is 5.56 Å². The summed E-state index contributed by atoms with van der Waals surface area (Å²) in [4.78, 5) is 12.9. The Kier molecular flexibility index (Phi) is 4.00. The molecule has 3 aliphatic heterocycles. The highest BCUT2D eigenvalue weighted by Gasteiger charge is 2.34. The molecule has 0 aliphatic carbocycles. The van der Waals surface area contributed by atoms with Gasteiger partial charge in [0.05, 0.1) is 12.0 Å². The normalized spacial score (nSPS) is 23.6. The van der Waals surface area contributed by atoms with Crippen molar-refractivity contribution in [1.29, 1.82) is 0 Å². The second-order valence-corrected chi connectivity index (χ2v) is 9.78. The second-order valence-electron chi connectivity index (χ2n) is 9.78. The van der Waals surface area contributed by atoms with Gasteiger partial charge in [-0.15, -0.1) is 0 Å². The molecule has 0 radical (unpaired) electrons. The van der Waals surface area contributed by atoms with E-state index in [9.17, 15) is 4.79 Å². The first-order valence-electron chi connectivity index (χ1n) is 10.6. The Labute approximate surface area is 172 Å². The fourth-order valence-corrected chi connectivity index (χ4v) is 4.53. The van der Waals surface area contributed by atoms with Crippen molar-refractivity contribution in [2.75, 3.05) is 0 Å². The number of hydrogen-bond donors (Lipinski definition) is 0. The summed E-state index contributed by atoms with van der Waals surface area (Å²) in [6.07, 6.45) is 3.92. The summed E-state index contributed by atoms with van der Waals surface area (Å²) >= 11 is 0. The maximum Gasteiger partial charge on any atom is 0.170 e. The number of hydrogen-bond acceptors (Lipinski definition) is 4. The smallest absolute Gasteiger partial charge is 0.170 e. The van der Waals surface area contributed by atoms with Crippen LogP contribution in [0.2, 0.25) is 0 Å². The van der Waals surface area contributed by atoms with Gasteiger partial charge in [0.2, 0.25) is 0 Å². The molecule has 4 heteroatoms. The van der Waals surface area contributed by atoms with Gasteiger partial charge in [-0.05, 0) is 88.3 Å². The van der Waals surface area contributed by atoms with Crippen LogP contribution in [0.5, 0.6) is 17.2 Å². The molecule has 0 aromatic heterocycles. The van der Waals surface area contributed by atoms with Crippen LogP contribution < -0.4 is 14.2 Å². The molecular formula is C25H28O4.